The van der Waals surface area contributed by atoms with Gasteiger partial charge in [-0.3, -0.25) is 0 Å². The predicted molar refractivity (Wildman–Crippen MR) is 61.8 cm³/mol. The molecule has 13 heavy (non-hydrogen) atoms. The van der Waals surface area contributed by atoms with Crippen LogP contribution in [0.5, 0.6) is 0 Å². The molecule has 0 fully saturated rings. The minimum atomic E-state index is 0.722. The van der Waals surface area contributed by atoms with Crippen LogP contribution in [0.25, 0.3) is 0 Å². The van der Waals surface area contributed by atoms with E-state index in [-0.39, 0.29) is 0 Å². The highest BCUT2D eigenvalue weighted by atomic mass is 14.1. The van der Waals surface area contributed by atoms with Crippen molar-refractivity contribution in [3.63, 3.8) is 0 Å². The summed E-state index contributed by atoms with van der Waals surface area (Å²) in [6.45, 7) is 17.1. The summed E-state index contributed by atoms with van der Waals surface area (Å²) in [4.78, 5) is 0. The largest absolute Gasteiger partial charge is 0.0995 e. The molecule has 0 rings (SSSR count). The van der Waals surface area contributed by atoms with E-state index in [1.165, 1.54) is 11.1 Å². The van der Waals surface area contributed by atoms with Crippen molar-refractivity contribution in [2.75, 3.05) is 0 Å². The van der Waals surface area contributed by atoms with Crippen LogP contribution in [0.1, 0.15) is 47.0 Å². The Kier molecular flexibility index (Phi) is 5.77. The highest BCUT2D eigenvalue weighted by Crippen LogP contribution is 2.20. The summed E-state index contributed by atoms with van der Waals surface area (Å²) < 4.78 is 0. The second kappa shape index (κ2) is 6.01. The van der Waals surface area contributed by atoms with Gasteiger partial charge in [0.25, 0.3) is 0 Å². The molecule has 0 unspecified atom stereocenters. The van der Waals surface area contributed by atoms with Crippen LogP contribution >= 0.6 is 0 Å². The van der Waals surface area contributed by atoms with Crippen molar-refractivity contribution in [2.45, 2.75) is 47.0 Å². The Morgan fingerprint density at radius 1 is 0.846 bits per heavy atom. The molecule has 0 saturated heterocycles. The minimum Gasteiger partial charge on any atom is -0.0995 e. The highest BCUT2D eigenvalue weighted by molar-refractivity contribution is 5.10. The van der Waals surface area contributed by atoms with Gasteiger partial charge in [-0.2, -0.15) is 0 Å². The third-order valence-corrected chi connectivity index (χ3v) is 1.89. The molecule has 0 aliphatic rings. The zero-order chi connectivity index (χ0) is 10.4. The topological polar surface area (TPSA) is 0 Å². The Labute approximate surface area is 83.7 Å². The first kappa shape index (κ1) is 12.5. The predicted octanol–water partition coefficient (Wildman–Crippen LogP) is 4.58. The average Bonchev–Trinajstić information content (AvgIpc) is 1.80. The SMILES string of the molecule is C=C(CC(=C)CC(C)C)CC(C)C. The van der Waals surface area contributed by atoms with Crippen LogP contribution in [0, 0.1) is 11.8 Å². The van der Waals surface area contributed by atoms with E-state index < -0.39 is 0 Å². The van der Waals surface area contributed by atoms with Crippen LogP contribution in [-0.2, 0) is 0 Å². The summed E-state index contributed by atoms with van der Waals surface area (Å²) >= 11 is 0. The van der Waals surface area contributed by atoms with Crippen LogP contribution in [0.2, 0.25) is 0 Å². The quantitative estimate of drug-likeness (QED) is 0.525. The van der Waals surface area contributed by atoms with Crippen LogP contribution in [0.3, 0.4) is 0 Å². The molecule has 0 heteroatoms. The van der Waals surface area contributed by atoms with Crippen molar-refractivity contribution < 1.29 is 0 Å². The molecule has 0 aromatic rings. The molecule has 0 spiro atoms. The summed E-state index contributed by atoms with van der Waals surface area (Å²) in [5, 5.41) is 0. The van der Waals surface area contributed by atoms with Crippen LogP contribution in [0.15, 0.2) is 24.3 Å². The maximum Gasteiger partial charge on any atom is -0.0114 e. The molecule has 0 aliphatic heterocycles. The summed E-state index contributed by atoms with van der Waals surface area (Å²) in [6.07, 6.45) is 3.30. The fourth-order valence-electron chi connectivity index (χ4n) is 1.65. The monoisotopic (exact) mass is 180 g/mol. The maximum atomic E-state index is 4.08. The molecule has 0 radical (unpaired) electrons. The number of hydrogen-bond acceptors (Lipinski definition) is 0. The summed E-state index contributed by atoms with van der Waals surface area (Å²) in [5.74, 6) is 1.44. The van der Waals surface area contributed by atoms with Gasteiger partial charge in [-0.25, -0.2) is 0 Å². The molecule has 0 amide bonds. The van der Waals surface area contributed by atoms with Gasteiger partial charge in [-0.15, -0.1) is 0 Å². The number of rotatable bonds is 6. The van der Waals surface area contributed by atoms with Crippen molar-refractivity contribution in [2.24, 2.45) is 11.8 Å². The van der Waals surface area contributed by atoms with Crippen LogP contribution < -0.4 is 0 Å². The minimum absolute atomic E-state index is 0.722. The third kappa shape index (κ3) is 7.83. The van der Waals surface area contributed by atoms with Crippen molar-refractivity contribution in [1.29, 1.82) is 0 Å². The lowest BCUT2D eigenvalue weighted by Crippen LogP contribution is -1.95. The second-order valence-electron chi connectivity index (χ2n) is 4.87. The fourth-order valence-corrected chi connectivity index (χ4v) is 1.65. The lowest BCUT2D eigenvalue weighted by atomic mass is 9.94. The number of allylic oxidation sites excluding steroid dienone is 2. The summed E-state index contributed by atoms with van der Waals surface area (Å²) in [6, 6.07) is 0. The Balaban J connectivity index is 3.72. The van der Waals surface area contributed by atoms with E-state index in [2.05, 4.69) is 40.9 Å². The molecule has 76 valence electrons. The fraction of sp³-hybridized carbons (Fsp3) is 0.692. The zero-order valence-corrected chi connectivity index (χ0v) is 9.69. The van der Waals surface area contributed by atoms with Crippen LogP contribution in [0.4, 0.5) is 0 Å². The van der Waals surface area contributed by atoms with Crippen molar-refractivity contribution in [1.82, 2.24) is 0 Å². The molecule has 0 nitrogen and oxygen atoms in total. The van der Waals surface area contributed by atoms with Gasteiger partial charge in [-0.1, -0.05) is 52.0 Å². The van der Waals surface area contributed by atoms with E-state index in [4.69, 9.17) is 0 Å². The first-order valence-corrected chi connectivity index (χ1v) is 5.25. The Bertz CT molecular complexity index is 152. The van der Waals surface area contributed by atoms with Crippen molar-refractivity contribution in [3.05, 3.63) is 24.3 Å². The molecule has 0 aliphatic carbocycles. The van der Waals surface area contributed by atoms with Gasteiger partial charge in [0, 0.05) is 0 Å². The molecule has 0 bridgehead atoms. The number of hydrogen-bond donors (Lipinski definition) is 0. The van der Waals surface area contributed by atoms with Gasteiger partial charge >= 0.3 is 0 Å². The van der Waals surface area contributed by atoms with E-state index in [0.717, 1.165) is 31.1 Å². The van der Waals surface area contributed by atoms with E-state index in [1.54, 1.807) is 0 Å². The van der Waals surface area contributed by atoms with Gasteiger partial charge in [0.05, 0.1) is 0 Å². The van der Waals surface area contributed by atoms with Gasteiger partial charge in [0.2, 0.25) is 0 Å². The molecule has 0 aromatic heterocycles. The summed E-state index contributed by atoms with van der Waals surface area (Å²) in [5.41, 5.74) is 2.67. The average molecular weight is 180 g/mol. The van der Waals surface area contributed by atoms with E-state index in [9.17, 15) is 0 Å². The first-order chi connectivity index (χ1) is 5.91. The lowest BCUT2D eigenvalue weighted by Gasteiger charge is -2.12. The Morgan fingerprint density at radius 2 is 1.15 bits per heavy atom. The van der Waals surface area contributed by atoms with Crippen molar-refractivity contribution in [3.8, 4) is 0 Å². The lowest BCUT2D eigenvalue weighted by molar-refractivity contribution is 0.609. The van der Waals surface area contributed by atoms with Crippen molar-refractivity contribution >= 4 is 0 Å². The van der Waals surface area contributed by atoms with Gasteiger partial charge in [0.15, 0.2) is 0 Å². The summed E-state index contributed by atoms with van der Waals surface area (Å²) in [7, 11) is 0. The van der Waals surface area contributed by atoms with E-state index in [1.807, 2.05) is 0 Å². The Hall–Kier alpha value is -0.520. The van der Waals surface area contributed by atoms with Gasteiger partial charge in [-0.05, 0) is 31.1 Å². The molecule has 0 heterocycles. The molecule has 0 saturated carbocycles. The molecular formula is C13H24. The zero-order valence-electron chi connectivity index (χ0n) is 9.69. The van der Waals surface area contributed by atoms with Crippen LogP contribution in [-0.4, -0.2) is 0 Å². The normalized spacial score (nSPS) is 10.9. The molecule has 0 N–H and O–H groups in total. The molecular weight excluding hydrogens is 156 g/mol. The Morgan fingerprint density at radius 3 is 1.38 bits per heavy atom. The molecule has 0 aromatic carbocycles. The first-order valence-electron chi connectivity index (χ1n) is 5.25. The maximum absolute atomic E-state index is 4.08. The smallest absolute Gasteiger partial charge is 0.0114 e. The van der Waals surface area contributed by atoms with Gasteiger partial charge < -0.3 is 0 Å². The third-order valence-electron chi connectivity index (χ3n) is 1.89. The standard InChI is InChI=1S/C13H24/c1-10(2)7-12(5)9-13(6)8-11(3)4/h10-11H,5-9H2,1-4H3. The van der Waals surface area contributed by atoms with E-state index in [0.29, 0.717) is 0 Å². The van der Waals surface area contributed by atoms with E-state index >= 15 is 0 Å². The highest BCUT2D eigenvalue weighted by Gasteiger charge is 2.03. The second-order valence-corrected chi connectivity index (χ2v) is 4.87. The molecule has 0 atom stereocenters. The van der Waals surface area contributed by atoms with Gasteiger partial charge in [0.1, 0.15) is 0 Å².